The predicted octanol–water partition coefficient (Wildman–Crippen LogP) is 2.40. The Bertz CT molecular complexity index is 490. The van der Waals surface area contributed by atoms with E-state index in [1.54, 1.807) is 0 Å². The van der Waals surface area contributed by atoms with E-state index in [9.17, 15) is 4.79 Å². The van der Waals surface area contributed by atoms with Crippen molar-refractivity contribution in [1.29, 1.82) is 0 Å². The van der Waals surface area contributed by atoms with E-state index in [4.69, 9.17) is 37.8 Å². The van der Waals surface area contributed by atoms with Crippen molar-refractivity contribution < 1.29 is 19.4 Å². The summed E-state index contributed by atoms with van der Waals surface area (Å²) in [5, 5.41) is 9.62. The van der Waals surface area contributed by atoms with Crippen molar-refractivity contribution in [2.24, 2.45) is 0 Å². The molecule has 0 bridgehead atoms. The van der Waals surface area contributed by atoms with E-state index in [-0.39, 0.29) is 21.4 Å². The van der Waals surface area contributed by atoms with Crippen LogP contribution in [0.5, 0.6) is 5.75 Å². The number of aromatic carboxylic acids is 1. The standard InChI is InChI=1S/C13H15Cl2NO4/c14-9-7-10(13(17)18)12(11(15)8-9)20-6-3-16-1-4-19-5-2-16/h7-8H,1-6H2,(H,17,18). The summed E-state index contributed by atoms with van der Waals surface area (Å²) in [6.07, 6.45) is 0. The monoisotopic (exact) mass is 319 g/mol. The Kier molecular flexibility index (Phi) is 5.48. The first-order valence-corrected chi connectivity index (χ1v) is 6.99. The van der Waals surface area contributed by atoms with Gasteiger partial charge in [0, 0.05) is 24.7 Å². The van der Waals surface area contributed by atoms with Crippen molar-refractivity contribution in [3.8, 4) is 5.75 Å². The third-order valence-corrected chi connectivity index (χ3v) is 3.50. The van der Waals surface area contributed by atoms with E-state index < -0.39 is 5.97 Å². The highest BCUT2D eigenvalue weighted by molar-refractivity contribution is 6.36. The summed E-state index contributed by atoms with van der Waals surface area (Å²) in [5.41, 5.74) is -0.0236. The van der Waals surface area contributed by atoms with Crippen LogP contribution in [-0.2, 0) is 4.74 Å². The summed E-state index contributed by atoms with van der Waals surface area (Å²) >= 11 is 11.8. The van der Waals surface area contributed by atoms with Gasteiger partial charge in [-0.1, -0.05) is 23.2 Å². The van der Waals surface area contributed by atoms with Crippen LogP contribution in [0, 0.1) is 0 Å². The van der Waals surface area contributed by atoms with Gasteiger partial charge in [-0.2, -0.15) is 0 Å². The largest absolute Gasteiger partial charge is 0.490 e. The fraction of sp³-hybridized carbons (Fsp3) is 0.462. The third-order valence-electron chi connectivity index (χ3n) is 3.00. The fourth-order valence-electron chi connectivity index (χ4n) is 1.97. The molecule has 0 aromatic heterocycles. The van der Waals surface area contributed by atoms with Crippen molar-refractivity contribution >= 4 is 29.2 Å². The van der Waals surface area contributed by atoms with Crippen LogP contribution in [-0.4, -0.2) is 55.4 Å². The summed E-state index contributed by atoms with van der Waals surface area (Å²) < 4.78 is 10.8. The molecule has 0 spiro atoms. The molecule has 0 aliphatic carbocycles. The highest BCUT2D eigenvalue weighted by atomic mass is 35.5. The van der Waals surface area contributed by atoms with E-state index in [1.165, 1.54) is 12.1 Å². The number of nitrogens with zero attached hydrogens (tertiary/aromatic N) is 1. The number of ether oxygens (including phenoxy) is 2. The van der Waals surface area contributed by atoms with Gasteiger partial charge in [0.15, 0.2) is 5.75 Å². The van der Waals surface area contributed by atoms with Gasteiger partial charge in [0.1, 0.15) is 12.2 Å². The minimum absolute atomic E-state index is 0.0236. The summed E-state index contributed by atoms with van der Waals surface area (Å²) in [6, 6.07) is 2.81. The van der Waals surface area contributed by atoms with Gasteiger partial charge in [-0.25, -0.2) is 4.79 Å². The fourth-order valence-corrected chi connectivity index (χ4v) is 2.52. The van der Waals surface area contributed by atoms with Crippen LogP contribution in [0.2, 0.25) is 10.0 Å². The molecule has 7 heteroatoms. The molecule has 1 heterocycles. The molecular weight excluding hydrogens is 305 g/mol. The molecule has 0 radical (unpaired) electrons. The Morgan fingerprint density at radius 2 is 2.05 bits per heavy atom. The molecule has 2 rings (SSSR count). The minimum atomic E-state index is -1.12. The molecule has 0 saturated carbocycles. The Balaban J connectivity index is 1.99. The molecule has 0 unspecified atom stereocenters. The van der Waals surface area contributed by atoms with Gasteiger partial charge < -0.3 is 14.6 Å². The number of benzene rings is 1. The zero-order chi connectivity index (χ0) is 14.5. The van der Waals surface area contributed by atoms with Gasteiger partial charge in [0.05, 0.1) is 18.2 Å². The number of carbonyl (C=O) groups is 1. The summed E-state index contributed by atoms with van der Waals surface area (Å²) in [4.78, 5) is 13.4. The van der Waals surface area contributed by atoms with Crippen LogP contribution in [0.15, 0.2) is 12.1 Å². The lowest BCUT2D eigenvalue weighted by atomic mass is 10.2. The van der Waals surface area contributed by atoms with Crippen LogP contribution in [0.1, 0.15) is 10.4 Å². The second-order valence-corrected chi connectivity index (χ2v) is 5.22. The maximum atomic E-state index is 11.2. The summed E-state index contributed by atoms with van der Waals surface area (Å²) in [6.45, 7) is 4.18. The maximum absolute atomic E-state index is 11.2. The van der Waals surface area contributed by atoms with E-state index in [0.717, 1.165) is 13.1 Å². The van der Waals surface area contributed by atoms with Crippen LogP contribution in [0.4, 0.5) is 0 Å². The van der Waals surface area contributed by atoms with E-state index in [2.05, 4.69) is 4.90 Å². The molecular formula is C13H15Cl2NO4. The first-order chi connectivity index (χ1) is 9.58. The number of morpholine rings is 1. The average molecular weight is 320 g/mol. The Morgan fingerprint density at radius 3 is 2.70 bits per heavy atom. The zero-order valence-corrected chi connectivity index (χ0v) is 12.3. The Labute approximate surface area is 127 Å². The number of rotatable bonds is 5. The smallest absolute Gasteiger partial charge is 0.339 e. The zero-order valence-electron chi connectivity index (χ0n) is 10.8. The number of carboxylic acid groups (broad SMARTS) is 1. The van der Waals surface area contributed by atoms with Crippen LogP contribution in [0.3, 0.4) is 0 Å². The van der Waals surface area contributed by atoms with Gasteiger partial charge >= 0.3 is 5.97 Å². The molecule has 20 heavy (non-hydrogen) atoms. The summed E-state index contributed by atoms with van der Waals surface area (Å²) in [7, 11) is 0. The van der Waals surface area contributed by atoms with E-state index >= 15 is 0 Å². The second kappa shape index (κ2) is 7.13. The minimum Gasteiger partial charge on any atom is -0.490 e. The van der Waals surface area contributed by atoms with E-state index in [1.807, 2.05) is 0 Å². The van der Waals surface area contributed by atoms with Gasteiger partial charge in [0.25, 0.3) is 0 Å². The van der Waals surface area contributed by atoms with Crippen LogP contribution >= 0.6 is 23.2 Å². The molecule has 0 amide bonds. The third kappa shape index (κ3) is 3.99. The van der Waals surface area contributed by atoms with Crippen LogP contribution in [0.25, 0.3) is 0 Å². The Morgan fingerprint density at radius 1 is 1.35 bits per heavy atom. The number of carboxylic acids is 1. The number of halogens is 2. The second-order valence-electron chi connectivity index (χ2n) is 4.37. The molecule has 0 atom stereocenters. The average Bonchev–Trinajstić information content (AvgIpc) is 2.41. The Hall–Kier alpha value is -1.01. The number of hydrogen-bond donors (Lipinski definition) is 1. The van der Waals surface area contributed by atoms with Crippen molar-refractivity contribution in [1.82, 2.24) is 4.90 Å². The molecule has 5 nitrogen and oxygen atoms in total. The van der Waals surface area contributed by atoms with Crippen molar-refractivity contribution in [3.05, 3.63) is 27.7 Å². The van der Waals surface area contributed by atoms with Gasteiger partial charge in [-0.05, 0) is 12.1 Å². The van der Waals surface area contributed by atoms with E-state index in [0.29, 0.717) is 26.4 Å². The molecule has 1 saturated heterocycles. The molecule has 1 aliphatic heterocycles. The molecule has 110 valence electrons. The first-order valence-electron chi connectivity index (χ1n) is 6.23. The predicted molar refractivity (Wildman–Crippen MR) is 76.2 cm³/mol. The summed E-state index contributed by atoms with van der Waals surface area (Å²) in [5.74, 6) is -0.951. The van der Waals surface area contributed by atoms with Crippen molar-refractivity contribution in [2.75, 3.05) is 39.5 Å². The lowest BCUT2D eigenvalue weighted by Gasteiger charge is -2.26. The highest BCUT2D eigenvalue weighted by Gasteiger charge is 2.17. The molecule has 1 aromatic carbocycles. The first kappa shape index (κ1) is 15.4. The van der Waals surface area contributed by atoms with Gasteiger partial charge in [-0.3, -0.25) is 4.90 Å². The van der Waals surface area contributed by atoms with Gasteiger partial charge in [0.2, 0.25) is 0 Å². The lowest BCUT2D eigenvalue weighted by Crippen LogP contribution is -2.38. The highest BCUT2D eigenvalue weighted by Crippen LogP contribution is 2.32. The van der Waals surface area contributed by atoms with Crippen molar-refractivity contribution in [2.45, 2.75) is 0 Å². The quantitative estimate of drug-likeness (QED) is 0.903. The topological polar surface area (TPSA) is 59.0 Å². The molecule has 1 aromatic rings. The number of hydrogen-bond acceptors (Lipinski definition) is 4. The lowest BCUT2D eigenvalue weighted by molar-refractivity contribution is 0.0321. The normalized spacial score (nSPS) is 16.1. The molecule has 1 fully saturated rings. The molecule has 1 N–H and O–H groups in total. The SMILES string of the molecule is O=C(O)c1cc(Cl)cc(Cl)c1OCCN1CCOCC1. The maximum Gasteiger partial charge on any atom is 0.339 e. The molecule has 1 aliphatic rings. The van der Waals surface area contributed by atoms with Crippen LogP contribution < -0.4 is 4.74 Å². The van der Waals surface area contributed by atoms with Crippen molar-refractivity contribution in [3.63, 3.8) is 0 Å². The van der Waals surface area contributed by atoms with Gasteiger partial charge in [-0.15, -0.1) is 0 Å².